The molecule has 33 heavy (non-hydrogen) atoms. The van der Waals surface area contributed by atoms with Crippen LogP contribution in [0.2, 0.25) is 10.0 Å². The Morgan fingerprint density at radius 1 is 1.21 bits per heavy atom. The highest BCUT2D eigenvalue weighted by molar-refractivity contribution is 6.35. The van der Waals surface area contributed by atoms with Gasteiger partial charge in [-0.15, -0.1) is 0 Å². The molecule has 3 atom stereocenters. The first-order valence-electron chi connectivity index (χ1n) is 11.7. The van der Waals surface area contributed by atoms with E-state index in [-0.39, 0.29) is 30.6 Å². The molecule has 2 fully saturated rings. The maximum Gasteiger partial charge on any atom is 0.240 e. The average molecular weight is 491 g/mol. The predicted octanol–water partition coefficient (Wildman–Crippen LogP) is 4.32. The maximum atomic E-state index is 13.0. The molecule has 0 aliphatic carbocycles. The number of amides is 1. The number of piperazine rings is 1. The molecule has 2 heterocycles. The number of nitrogens with zero attached hydrogens (tertiary/aromatic N) is 2. The lowest BCUT2D eigenvalue weighted by Gasteiger charge is -2.43. The van der Waals surface area contributed by atoms with Crippen LogP contribution in [0.5, 0.6) is 0 Å². The zero-order valence-corrected chi connectivity index (χ0v) is 20.4. The van der Waals surface area contributed by atoms with Crippen LogP contribution in [0.25, 0.3) is 0 Å². The molecule has 0 saturated carbocycles. The fourth-order valence-electron chi connectivity index (χ4n) is 4.77. The van der Waals surface area contributed by atoms with E-state index in [0.717, 1.165) is 49.3 Å². The van der Waals surface area contributed by atoms with E-state index in [1.807, 2.05) is 29.2 Å². The van der Waals surface area contributed by atoms with Crippen molar-refractivity contribution in [2.75, 3.05) is 43.0 Å². The molecule has 0 bridgehead atoms. The molecule has 1 amide bonds. The molecular weight excluding hydrogens is 459 g/mol. The van der Waals surface area contributed by atoms with Gasteiger partial charge in [-0.3, -0.25) is 4.79 Å². The van der Waals surface area contributed by atoms with E-state index in [9.17, 15) is 9.90 Å². The highest BCUT2D eigenvalue weighted by atomic mass is 35.5. The largest absolute Gasteiger partial charge is 0.394 e. The number of nitrogens with one attached hydrogen (secondary N) is 2. The number of carbonyl (C=O) groups is 1. The van der Waals surface area contributed by atoms with E-state index in [1.54, 1.807) is 6.07 Å². The Hall–Kier alpha value is -1.99. The smallest absolute Gasteiger partial charge is 0.240 e. The summed E-state index contributed by atoms with van der Waals surface area (Å²) in [5.41, 5.74) is 3.03. The second-order valence-corrected chi connectivity index (χ2v) is 9.74. The number of aliphatic hydroxyl groups is 1. The van der Waals surface area contributed by atoms with Crippen LogP contribution in [0.15, 0.2) is 42.5 Å². The van der Waals surface area contributed by atoms with Crippen LogP contribution in [0.4, 0.5) is 11.4 Å². The van der Waals surface area contributed by atoms with Gasteiger partial charge in [0.25, 0.3) is 0 Å². The number of halogens is 2. The molecule has 2 aliphatic rings. The fraction of sp³-hybridized carbons (Fsp3) is 0.480. The van der Waals surface area contributed by atoms with Gasteiger partial charge in [-0.05, 0) is 62.2 Å². The number of aliphatic hydroxyl groups excluding tert-OH is 1. The van der Waals surface area contributed by atoms with E-state index in [2.05, 4.69) is 34.6 Å². The van der Waals surface area contributed by atoms with Crippen molar-refractivity contribution in [3.8, 4) is 0 Å². The number of piperidine rings is 1. The highest BCUT2D eigenvalue weighted by Crippen LogP contribution is 2.30. The van der Waals surface area contributed by atoms with Crippen LogP contribution in [0, 0.1) is 0 Å². The molecule has 0 unspecified atom stereocenters. The summed E-state index contributed by atoms with van der Waals surface area (Å²) in [6, 6.07) is 13.4. The summed E-state index contributed by atoms with van der Waals surface area (Å²) in [5.74, 6) is 0.123. The molecule has 8 heteroatoms. The second kappa shape index (κ2) is 11.0. The summed E-state index contributed by atoms with van der Waals surface area (Å²) in [5, 5.41) is 18.2. The highest BCUT2D eigenvalue weighted by Gasteiger charge is 2.34. The summed E-state index contributed by atoms with van der Waals surface area (Å²) in [7, 11) is 0. The van der Waals surface area contributed by atoms with E-state index < -0.39 is 0 Å². The summed E-state index contributed by atoms with van der Waals surface area (Å²) >= 11 is 12.4. The Morgan fingerprint density at radius 3 is 2.79 bits per heavy atom. The Labute approximate surface area is 205 Å². The minimum atomic E-state index is -0.210. The number of hydrogen-bond acceptors (Lipinski definition) is 5. The van der Waals surface area contributed by atoms with Gasteiger partial charge < -0.3 is 25.5 Å². The first-order valence-corrected chi connectivity index (χ1v) is 12.4. The lowest BCUT2D eigenvalue weighted by molar-refractivity contribution is -0.137. The molecule has 0 spiro atoms. The van der Waals surface area contributed by atoms with Gasteiger partial charge in [-0.1, -0.05) is 41.8 Å². The zero-order valence-electron chi connectivity index (χ0n) is 18.9. The van der Waals surface area contributed by atoms with Crippen molar-refractivity contribution in [3.05, 3.63) is 58.1 Å². The molecule has 3 N–H and O–H groups in total. The van der Waals surface area contributed by atoms with Crippen LogP contribution in [0.3, 0.4) is 0 Å². The summed E-state index contributed by atoms with van der Waals surface area (Å²) in [4.78, 5) is 17.1. The molecule has 6 nitrogen and oxygen atoms in total. The maximum absolute atomic E-state index is 13.0. The lowest BCUT2D eigenvalue weighted by Crippen LogP contribution is -2.60. The molecule has 0 aromatic heterocycles. The van der Waals surface area contributed by atoms with Crippen molar-refractivity contribution < 1.29 is 9.90 Å². The van der Waals surface area contributed by atoms with Crippen molar-refractivity contribution in [1.82, 2.24) is 10.2 Å². The van der Waals surface area contributed by atoms with Crippen molar-refractivity contribution in [2.24, 2.45) is 0 Å². The predicted molar refractivity (Wildman–Crippen MR) is 135 cm³/mol. The minimum absolute atomic E-state index is 0.00710. The van der Waals surface area contributed by atoms with Gasteiger partial charge in [0.05, 0.1) is 18.7 Å². The summed E-state index contributed by atoms with van der Waals surface area (Å²) in [6.45, 7) is 4.86. The number of anilines is 2. The fourth-order valence-corrected chi connectivity index (χ4v) is 5.34. The quantitative estimate of drug-likeness (QED) is 0.562. The summed E-state index contributed by atoms with van der Waals surface area (Å²) < 4.78 is 0. The van der Waals surface area contributed by atoms with E-state index >= 15 is 0 Å². The van der Waals surface area contributed by atoms with Gasteiger partial charge in [0, 0.05) is 47.1 Å². The van der Waals surface area contributed by atoms with Crippen molar-refractivity contribution in [1.29, 1.82) is 0 Å². The van der Waals surface area contributed by atoms with Gasteiger partial charge in [-0.2, -0.15) is 0 Å². The standard InChI is InChI=1S/C25H32Cl2N4O2/c1-17(22-9-8-18(26)13-23(22)27)29-19-5-4-6-20(14-19)30-11-12-31(21(15-30)16-32)25(33)24-7-2-3-10-28-24/h4-6,8-9,13-14,17,21,24,28-29,32H,2-3,7,10-12,15-16H2,1H3/t17-,21+,24-/m1/s1. The van der Waals surface area contributed by atoms with Gasteiger partial charge in [0.15, 0.2) is 0 Å². The van der Waals surface area contributed by atoms with Gasteiger partial charge >= 0.3 is 0 Å². The Balaban J connectivity index is 1.42. The third kappa shape index (κ3) is 5.75. The van der Waals surface area contributed by atoms with Crippen molar-refractivity contribution in [2.45, 2.75) is 44.3 Å². The van der Waals surface area contributed by atoms with Crippen LogP contribution >= 0.6 is 23.2 Å². The minimum Gasteiger partial charge on any atom is -0.394 e. The average Bonchev–Trinajstić information content (AvgIpc) is 2.83. The van der Waals surface area contributed by atoms with Crippen molar-refractivity contribution in [3.63, 3.8) is 0 Å². The molecule has 0 radical (unpaired) electrons. The van der Waals surface area contributed by atoms with E-state index in [0.29, 0.717) is 23.1 Å². The first kappa shape index (κ1) is 24.1. The molecule has 178 valence electrons. The number of carbonyl (C=O) groups excluding carboxylic acids is 1. The van der Waals surface area contributed by atoms with Gasteiger partial charge in [0.2, 0.25) is 5.91 Å². The molecule has 2 aromatic carbocycles. The van der Waals surface area contributed by atoms with Gasteiger partial charge in [0.1, 0.15) is 0 Å². The molecule has 2 saturated heterocycles. The monoisotopic (exact) mass is 490 g/mol. The number of hydrogen-bond donors (Lipinski definition) is 3. The SMILES string of the molecule is C[C@@H](Nc1cccc(N2CCN(C(=O)[C@H]3CCCCN3)[C@H](CO)C2)c1)c1ccc(Cl)cc1Cl. The van der Waals surface area contributed by atoms with Crippen LogP contribution in [0.1, 0.15) is 37.8 Å². The topological polar surface area (TPSA) is 67.8 Å². The van der Waals surface area contributed by atoms with E-state index in [1.165, 1.54) is 0 Å². The second-order valence-electron chi connectivity index (χ2n) is 8.90. The Bertz CT molecular complexity index is 967. The Kier molecular flexibility index (Phi) is 8.02. The molecule has 4 rings (SSSR count). The van der Waals surface area contributed by atoms with Crippen LogP contribution in [-0.2, 0) is 4.79 Å². The van der Waals surface area contributed by atoms with Gasteiger partial charge in [-0.25, -0.2) is 0 Å². The lowest BCUT2D eigenvalue weighted by atomic mass is 10.0. The molecular formula is C25H32Cl2N4O2. The Morgan fingerprint density at radius 2 is 2.06 bits per heavy atom. The first-order chi connectivity index (χ1) is 16.0. The normalized spacial score (nSPS) is 22.2. The number of benzene rings is 2. The third-order valence-electron chi connectivity index (χ3n) is 6.61. The van der Waals surface area contributed by atoms with Crippen LogP contribution < -0.4 is 15.5 Å². The molecule has 2 aliphatic heterocycles. The van der Waals surface area contributed by atoms with Crippen molar-refractivity contribution >= 4 is 40.5 Å². The summed E-state index contributed by atoms with van der Waals surface area (Å²) in [6.07, 6.45) is 3.07. The third-order valence-corrected chi connectivity index (χ3v) is 7.17. The molecule has 2 aromatic rings. The zero-order chi connectivity index (χ0) is 23.4. The van der Waals surface area contributed by atoms with E-state index in [4.69, 9.17) is 23.2 Å². The number of rotatable bonds is 6. The van der Waals surface area contributed by atoms with Crippen LogP contribution in [-0.4, -0.2) is 60.8 Å².